The summed E-state index contributed by atoms with van der Waals surface area (Å²) in [5.41, 5.74) is 3.52. The summed E-state index contributed by atoms with van der Waals surface area (Å²) in [7, 11) is 0. The molecule has 0 spiro atoms. The van der Waals surface area contributed by atoms with Gasteiger partial charge in [-0.05, 0) is 104 Å². The van der Waals surface area contributed by atoms with Gasteiger partial charge in [0.15, 0.2) is 0 Å². The second-order valence-electron chi connectivity index (χ2n) is 16.4. The van der Waals surface area contributed by atoms with E-state index in [1.807, 2.05) is 18.7 Å². The highest BCUT2D eigenvalue weighted by Crippen LogP contribution is 2.68. The molecule has 0 radical (unpaired) electrons. The smallest absolute Gasteiger partial charge is 0.0921 e. The van der Waals surface area contributed by atoms with Crippen LogP contribution in [0.15, 0.2) is 25.0 Å². The van der Waals surface area contributed by atoms with Gasteiger partial charge >= 0.3 is 0 Å². The highest BCUT2D eigenvalue weighted by atomic mass is 15.0. The van der Waals surface area contributed by atoms with Crippen molar-refractivity contribution in [3.05, 3.63) is 36.4 Å². The van der Waals surface area contributed by atoms with Crippen LogP contribution in [-0.4, -0.2) is 45.1 Å². The number of H-pyrrole nitrogens is 2. The number of nitrogens with zero attached hydrogens (tertiary/aromatic N) is 2. The lowest BCUT2D eigenvalue weighted by molar-refractivity contribution is -0.131. The third-order valence-electron chi connectivity index (χ3n) is 13.7. The molecule has 4 fully saturated rings. The molecule has 0 unspecified atom stereocenters. The molecular formula is C37H62N6. The molecule has 6 rings (SSSR count). The first-order valence-electron chi connectivity index (χ1n) is 18.2. The molecule has 4 N–H and O–H groups in total. The van der Waals surface area contributed by atoms with Crippen molar-refractivity contribution in [2.75, 3.05) is 13.1 Å². The van der Waals surface area contributed by atoms with Crippen molar-refractivity contribution in [1.29, 1.82) is 0 Å². The number of hydrogen-bond acceptors (Lipinski definition) is 4. The van der Waals surface area contributed by atoms with Crippen molar-refractivity contribution in [1.82, 2.24) is 30.6 Å². The Morgan fingerprint density at radius 3 is 2.16 bits per heavy atom. The van der Waals surface area contributed by atoms with E-state index in [2.05, 4.69) is 65.2 Å². The van der Waals surface area contributed by atoms with Crippen LogP contribution in [0, 0.1) is 52.3 Å². The van der Waals surface area contributed by atoms with Gasteiger partial charge in [0.2, 0.25) is 0 Å². The molecule has 2 heterocycles. The number of rotatable bonds is 13. The summed E-state index contributed by atoms with van der Waals surface area (Å²) in [6.07, 6.45) is 25.2. The quantitative estimate of drug-likeness (QED) is 0.194. The zero-order valence-electron chi connectivity index (χ0n) is 28.0. The molecule has 2 aromatic rings. The number of imidazole rings is 2. The maximum atomic E-state index is 4.28. The SMILES string of the molecule is CC(C)CCC[C@@H](C)[C@H]1CC[C@H]2[C@@H]3[C@H](NCCc4cnc[nH]4)C[C@H]4C[C@H](NCCc5cnc[nH]5)CC[C@]4(C)[C@H]3CC[C@]12C. The Morgan fingerprint density at radius 1 is 0.814 bits per heavy atom. The van der Waals surface area contributed by atoms with Crippen molar-refractivity contribution in [2.24, 2.45) is 52.3 Å². The van der Waals surface area contributed by atoms with E-state index in [-0.39, 0.29) is 0 Å². The van der Waals surface area contributed by atoms with Crippen LogP contribution >= 0.6 is 0 Å². The Labute approximate surface area is 262 Å². The fourth-order valence-corrected chi connectivity index (χ4v) is 11.3. The Balaban J connectivity index is 1.16. The van der Waals surface area contributed by atoms with Crippen LogP contribution in [0.3, 0.4) is 0 Å². The number of hydrogen-bond donors (Lipinski definition) is 4. The molecule has 6 nitrogen and oxygen atoms in total. The maximum absolute atomic E-state index is 4.28. The van der Waals surface area contributed by atoms with Crippen LogP contribution in [0.25, 0.3) is 0 Å². The average molecular weight is 591 g/mol. The van der Waals surface area contributed by atoms with Gasteiger partial charge in [-0.15, -0.1) is 0 Å². The van der Waals surface area contributed by atoms with Gasteiger partial charge in [0.1, 0.15) is 0 Å². The van der Waals surface area contributed by atoms with Gasteiger partial charge < -0.3 is 20.6 Å². The lowest BCUT2D eigenvalue weighted by Crippen LogP contribution is -2.62. The van der Waals surface area contributed by atoms with E-state index in [0.717, 1.165) is 67.4 Å². The normalized spacial score (nSPS) is 38.0. The van der Waals surface area contributed by atoms with Crippen LogP contribution in [-0.2, 0) is 12.8 Å². The van der Waals surface area contributed by atoms with Crippen molar-refractivity contribution >= 4 is 0 Å². The molecule has 2 aromatic heterocycles. The van der Waals surface area contributed by atoms with Gasteiger partial charge in [-0.2, -0.15) is 0 Å². The molecule has 10 atom stereocenters. The van der Waals surface area contributed by atoms with Crippen LogP contribution < -0.4 is 10.6 Å². The summed E-state index contributed by atoms with van der Waals surface area (Å²) < 4.78 is 0. The Bertz CT molecular complexity index is 1110. The lowest BCUT2D eigenvalue weighted by atomic mass is 9.43. The summed E-state index contributed by atoms with van der Waals surface area (Å²) in [5.74, 6) is 6.02. The van der Waals surface area contributed by atoms with Gasteiger partial charge in [-0.3, -0.25) is 0 Å². The molecule has 4 aliphatic carbocycles. The fourth-order valence-electron chi connectivity index (χ4n) is 11.3. The van der Waals surface area contributed by atoms with Crippen molar-refractivity contribution in [2.45, 2.75) is 130 Å². The topological polar surface area (TPSA) is 81.4 Å². The molecule has 0 aliphatic heterocycles. The van der Waals surface area contributed by atoms with E-state index in [4.69, 9.17) is 0 Å². The van der Waals surface area contributed by atoms with E-state index < -0.39 is 0 Å². The van der Waals surface area contributed by atoms with E-state index in [0.29, 0.717) is 22.9 Å². The van der Waals surface area contributed by atoms with Gasteiger partial charge in [0.25, 0.3) is 0 Å². The number of aromatic amines is 2. The molecule has 4 aliphatic rings. The lowest BCUT2D eigenvalue weighted by Gasteiger charge is -2.63. The minimum Gasteiger partial charge on any atom is -0.348 e. The molecule has 0 aromatic carbocycles. The minimum atomic E-state index is 0.496. The molecule has 240 valence electrons. The summed E-state index contributed by atoms with van der Waals surface area (Å²) in [4.78, 5) is 15.1. The molecule has 4 saturated carbocycles. The second kappa shape index (κ2) is 13.4. The highest BCUT2D eigenvalue weighted by Gasteiger charge is 2.62. The standard InChI is InChI=1S/C37H62N6/c1-25(2)7-6-8-26(3)31-9-10-32-35-33(12-16-37(31,32)5)36(4)15-11-28(40-17-13-29-21-38-23-42-29)19-27(36)20-34(35)41-18-14-30-22-39-24-43-30/h21-28,31-35,40-41H,6-20H2,1-5H3,(H,38,42)(H,39,43)/t26-,27-,28-,31-,32+,33+,34-,35+,36+,37-/m1/s1. The van der Waals surface area contributed by atoms with Crippen LogP contribution in [0.2, 0.25) is 0 Å². The van der Waals surface area contributed by atoms with Crippen molar-refractivity contribution in [3.63, 3.8) is 0 Å². The Morgan fingerprint density at radius 2 is 1.49 bits per heavy atom. The van der Waals surface area contributed by atoms with E-state index >= 15 is 0 Å². The minimum absolute atomic E-state index is 0.496. The summed E-state index contributed by atoms with van der Waals surface area (Å²) >= 11 is 0. The highest BCUT2D eigenvalue weighted by molar-refractivity contribution is 5.13. The largest absolute Gasteiger partial charge is 0.348 e. The summed E-state index contributed by atoms with van der Waals surface area (Å²) in [5, 5.41) is 8.19. The van der Waals surface area contributed by atoms with Gasteiger partial charge in [0, 0.05) is 61.8 Å². The van der Waals surface area contributed by atoms with Gasteiger partial charge in [-0.25, -0.2) is 9.97 Å². The van der Waals surface area contributed by atoms with Crippen LogP contribution in [0.5, 0.6) is 0 Å². The van der Waals surface area contributed by atoms with Crippen molar-refractivity contribution in [3.8, 4) is 0 Å². The fraction of sp³-hybridized carbons (Fsp3) is 0.838. The molecule has 6 heteroatoms. The zero-order valence-corrected chi connectivity index (χ0v) is 28.0. The first-order chi connectivity index (χ1) is 20.8. The van der Waals surface area contributed by atoms with Crippen LogP contribution in [0.1, 0.15) is 117 Å². The third kappa shape index (κ3) is 6.52. The molecule has 0 amide bonds. The van der Waals surface area contributed by atoms with Crippen LogP contribution in [0.4, 0.5) is 0 Å². The monoisotopic (exact) mass is 591 g/mol. The summed E-state index contributed by atoms with van der Waals surface area (Å²) in [6.45, 7) is 15.0. The maximum Gasteiger partial charge on any atom is 0.0921 e. The molecule has 0 bridgehead atoms. The first kappa shape index (κ1) is 31.3. The zero-order chi connectivity index (χ0) is 30.0. The molecular weight excluding hydrogens is 528 g/mol. The van der Waals surface area contributed by atoms with E-state index in [1.54, 1.807) is 6.33 Å². The predicted octanol–water partition coefficient (Wildman–Crippen LogP) is 7.57. The molecule has 0 saturated heterocycles. The van der Waals surface area contributed by atoms with E-state index in [1.165, 1.54) is 82.0 Å². The van der Waals surface area contributed by atoms with Gasteiger partial charge in [0.05, 0.1) is 12.7 Å². The third-order valence-corrected chi connectivity index (χ3v) is 13.7. The van der Waals surface area contributed by atoms with Gasteiger partial charge in [-0.1, -0.05) is 53.9 Å². The number of nitrogens with one attached hydrogen (secondary N) is 4. The Kier molecular flexibility index (Phi) is 9.74. The predicted molar refractivity (Wildman–Crippen MR) is 177 cm³/mol. The number of aromatic nitrogens is 4. The Hall–Kier alpha value is -1.66. The molecule has 43 heavy (non-hydrogen) atoms. The average Bonchev–Trinajstić information content (AvgIpc) is 3.75. The van der Waals surface area contributed by atoms with Crippen molar-refractivity contribution < 1.29 is 0 Å². The number of fused-ring (bicyclic) bond motifs is 5. The van der Waals surface area contributed by atoms with E-state index in [9.17, 15) is 0 Å². The summed E-state index contributed by atoms with van der Waals surface area (Å²) in [6, 6.07) is 1.30. The second-order valence-corrected chi connectivity index (χ2v) is 16.4. The first-order valence-corrected chi connectivity index (χ1v) is 18.2.